The minimum atomic E-state index is -0.366. The minimum Gasteiger partial charge on any atom is -0.419 e. The molecule has 0 spiro atoms. The van der Waals surface area contributed by atoms with E-state index in [0.717, 1.165) is 11.1 Å². The van der Waals surface area contributed by atoms with Gasteiger partial charge in [0, 0.05) is 18.7 Å². The fourth-order valence-corrected chi connectivity index (χ4v) is 2.35. The number of β-amino-alcohol motifs (C(OH)–C–C–N with tert-alkyl or cyclic N) is 1. The van der Waals surface area contributed by atoms with Gasteiger partial charge in [0.1, 0.15) is 6.07 Å². The van der Waals surface area contributed by atoms with Crippen LogP contribution >= 0.6 is 0 Å². The molecule has 1 atom stereocenters. The normalized spacial score (nSPS) is 18.2. The topological polar surface area (TPSA) is 73.3 Å². The lowest BCUT2D eigenvalue weighted by atomic mass is 10.1. The maximum Gasteiger partial charge on any atom is 0.235 e. The molecular weight excluding hydrogens is 254 g/mol. The van der Waals surface area contributed by atoms with Crippen LogP contribution in [0, 0.1) is 18.3 Å². The summed E-state index contributed by atoms with van der Waals surface area (Å²) in [6, 6.07) is 9.86. The Balaban J connectivity index is 1.96. The second kappa shape index (κ2) is 4.99. The zero-order valence-corrected chi connectivity index (χ0v) is 11.2. The summed E-state index contributed by atoms with van der Waals surface area (Å²) >= 11 is 0. The average Bonchev–Trinajstić information content (AvgIpc) is 3.05. The molecule has 2 heterocycles. The zero-order chi connectivity index (χ0) is 14.1. The number of aliphatic hydroxyl groups is 1. The van der Waals surface area contributed by atoms with Crippen molar-refractivity contribution in [2.24, 2.45) is 0 Å². The van der Waals surface area contributed by atoms with Gasteiger partial charge in [0.2, 0.25) is 17.5 Å². The molecule has 1 fully saturated rings. The molecule has 0 radical (unpaired) electrons. The molecule has 0 unspecified atom stereocenters. The van der Waals surface area contributed by atoms with Crippen LogP contribution in [0.15, 0.2) is 28.7 Å². The van der Waals surface area contributed by atoms with Crippen LogP contribution in [0.3, 0.4) is 0 Å². The van der Waals surface area contributed by atoms with Crippen LogP contribution in [-0.4, -0.2) is 29.3 Å². The van der Waals surface area contributed by atoms with Crippen molar-refractivity contribution in [1.29, 1.82) is 5.26 Å². The van der Waals surface area contributed by atoms with Crippen molar-refractivity contribution in [1.82, 2.24) is 4.98 Å². The average molecular weight is 269 g/mol. The molecule has 3 rings (SSSR count). The van der Waals surface area contributed by atoms with E-state index in [-0.39, 0.29) is 11.8 Å². The van der Waals surface area contributed by atoms with Gasteiger partial charge >= 0.3 is 0 Å². The molecule has 0 amide bonds. The van der Waals surface area contributed by atoms with E-state index < -0.39 is 0 Å². The Kier molecular flexibility index (Phi) is 3.17. The number of rotatable bonds is 2. The summed E-state index contributed by atoms with van der Waals surface area (Å²) in [5.74, 6) is 0.901. The summed E-state index contributed by atoms with van der Waals surface area (Å²) in [6.07, 6.45) is 0.320. The van der Waals surface area contributed by atoms with E-state index in [0.29, 0.717) is 31.3 Å². The summed E-state index contributed by atoms with van der Waals surface area (Å²) in [5.41, 5.74) is 2.27. The number of anilines is 1. The Morgan fingerprint density at radius 1 is 1.40 bits per heavy atom. The van der Waals surface area contributed by atoms with E-state index >= 15 is 0 Å². The van der Waals surface area contributed by atoms with Crippen LogP contribution in [0.25, 0.3) is 11.5 Å². The maximum atomic E-state index is 9.59. The van der Waals surface area contributed by atoms with Gasteiger partial charge in [-0.05, 0) is 25.5 Å². The highest BCUT2D eigenvalue weighted by Gasteiger charge is 2.27. The fraction of sp³-hybridized carbons (Fsp3) is 0.333. The van der Waals surface area contributed by atoms with Crippen LogP contribution in [0.4, 0.5) is 5.88 Å². The maximum absolute atomic E-state index is 9.59. The minimum absolute atomic E-state index is 0.273. The summed E-state index contributed by atoms with van der Waals surface area (Å²) in [4.78, 5) is 6.12. The second-order valence-electron chi connectivity index (χ2n) is 5.04. The first-order chi connectivity index (χ1) is 9.67. The van der Waals surface area contributed by atoms with Crippen molar-refractivity contribution >= 4 is 5.88 Å². The Bertz CT molecular complexity index is 655. The standard InChI is InChI=1S/C15H15N3O2/c1-10-2-4-11(5-3-10)14-17-13(8-16)15(20-14)18-7-6-12(19)9-18/h2-5,12,19H,6-7,9H2,1H3/t12-/m0/s1. The molecule has 0 aliphatic carbocycles. The van der Waals surface area contributed by atoms with Crippen molar-refractivity contribution in [3.05, 3.63) is 35.5 Å². The van der Waals surface area contributed by atoms with Crippen LogP contribution in [-0.2, 0) is 0 Å². The SMILES string of the molecule is Cc1ccc(-c2nc(C#N)c(N3CC[C@H](O)C3)o2)cc1. The predicted molar refractivity (Wildman–Crippen MR) is 74.2 cm³/mol. The van der Waals surface area contributed by atoms with Crippen molar-refractivity contribution in [2.45, 2.75) is 19.4 Å². The third kappa shape index (κ3) is 2.26. The molecule has 2 aromatic rings. The molecule has 1 aliphatic rings. The third-order valence-electron chi connectivity index (χ3n) is 3.46. The summed E-state index contributed by atoms with van der Waals surface area (Å²) in [5, 5.41) is 18.8. The highest BCUT2D eigenvalue weighted by molar-refractivity contribution is 5.60. The van der Waals surface area contributed by atoms with Crippen LogP contribution < -0.4 is 4.90 Å². The van der Waals surface area contributed by atoms with Gasteiger partial charge in [0.25, 0.3) is 0 Å². The molecule has 1 N–H and O–H groups in total. The Hall–Kier alpha value is -2.32. The lowest BCUT2D eigenvalue weighted by molar-refractivity contribution is 0.198. The summed E-state index contributed by atoms with van der Waals surface area (Å²) in [7, 11) is 0. The van der Waals surface area contributed by atoms with Gasteiger partial charge in [-0.3, -0.25) is 0 Å². The molecule has 1 aliphatic heterocycles. The summed E-state index contributed by atoms with van der Waals surface area (Å²) < 4.78 is 5.75. The largest absolute Gasteiger partial charge is 0.419 e. The van der Waals surface area contributed by atoms with Crippen LogP contribution in [0.1, 0.15) is 17.7 Å². The summed E-state index contributed by atoms with van der Waals surface area (Å²) in [6.45, 7) is 3.17. The first kappa shape index (κ1) is 12.7. The van der Waals surface area contributed by atoms with Crippen molar-refractivity contribution in [3.63, 3.8) is 0 Å². The fourth-order valence-electron chi connectivity index (χ4n) is 2.35. The number of nitriles is 1. The van der Waals surface area contributed by atoms with Gasteiger partial charge in [-0.2, -0.15) is 10.2 Å². The van der Waals surface area contributed by atoms with Gasteiger partial charge in [-0.15, -0.1) is 0 Å². The smallest absolute Gasteiger partial charge is 0.235 e. The molecule has 1 aromatic heterocycles. The van der Waals surface area contributed by atoms with Crippen LogP contribution in [0.5, 0.6) is 0 Å². The number of hydrogen-bond acceptors (Lipinski definition) is 5. The molecule has 1 saturated heterocycles. The van der Waals surface area contributed by atoms with E-state index in [4.69, 9.17) is 4.42 Å². The monoisotopic (exact) mass is 269 g/mol. The van der Waals surface area contributed by atoms with E-state index in [9.17, 15) is 10.4 Å². The molecule has 20 heavy (non-hydrogen) atoms. The van der Waals surface area contributed by atoms with Crippen molar-refractivity contribution in [2.75, 3.05) is 18.0 Å². The Morgan fingerprint density at radius 3 is 2.75 bits per heavy atom. The number of nitrogens with zero attached hydrogens (tertiary/aromatic N) is 3. The van der Waals surface area contributed by atoms with E-state index in [1.54, 1.807) is 0 Å². The predicted octanol–water partition coefficient (Wildman–Crippen LogP) is 2.09. The van der Waals surface area contributed by atoms with Crippen LogP contribution in [0.2, 0.25) is 0 Å². The number of aryl methyl sites for hydroxylation is 1. The van der Waals surface area contributed by atoms with E-state index in [2.05, 4.69) is 11.1 Å². The first-order valence-corrected chi connectivity index (χ1v) is 6.58. The number of aromatic nitrogens is 1. The number of benzene rings is 1. The first-order valence-electron chi connectivity index (χ1n) is 6.58. The van der Waals surface area contributed by atoms with Gasteiger partial charge in [0.05, 0.1) is 6.10 Å². The Labute approximate surface area is 117 Å². The second-order valence-corrected chi connectivity index (χ2v) is 5.04. The molecule has 0 saturated carbocycles. The lowest BCUT2D eigenvalue weighted by Gasteiger charge is -2.13. The van der Waals surface area contributed by atoms with Gasteiger partial charge in [0.15, 0.2) is 0 Å². The van der Waals surface area contributed by atoms with E-state index in [1.165, 1.54) is 0 Å². The zero-order valence-electron chi connectivity index (χ0n) is 11.2. The van der Waals surface area contributed by atoms with E-state index in [1.807, 2.05) is 36.1 Å². The highest BCUT2D eigenvalue weighted by atomic mass is 16.4. The van der Waals surface area contributed by atoms with Crippen molar-refractivity contribution in [3.8, 4) is 17.5 Å². The number of aliphatic hydroxyl groups excluding tert-OH is 1. The molecule has 1 aromatic carbocycles. The van der Waals surface area contributed by atoms with Crippen molar-refractivity contribution < 1.29 is 9.52 Å². The molecular formula is C15H15N3O2. The molecule has 102 valence electrons. The number of oxazole rings is 1. The molecule has 5 heteroatoms. The number of hydrogen-bond donors (Lipinski definition) is 1. The Morgan fingerprint density at radius 2 is 2.15 bits per heavy atom. The third-order valence-corrected chi connectivity index (χ3v) is 3.46. The van der Waals surface area contributed by atoms with Gasteiger partial charge in [-0.25, -0.2) is 0 Å². The van der Waals surface area contributed by atoms with Gasteiger partial charge in [-0.1, -0.05) is 17.7 Å². The molecule has 0 bridgehead atoms. The van der Waals surface area contributed by atoms with Gasteiger partial charge < -0.3 is 14.4 Å². The molecule has 5 nitrogen and oxygen atoms in total. The highest BCUT2D eigenvalue weighted by Crippen LogP contribution is 2.30. The quantitative estimate of drug-likeness (QED) is 0.903. The lowest BCUT2D eigenvalue weighted by Crippen LogP contribution is -2.21.